The van der Waals surface area contributed by atoms with E-state index in [2.05, 4.69) is 0 Å². The molecule has 7 nitrogen and oxygen atoms in total. The number of nitrogens with zero attached hydrogens (tertiary/aromatic N) is 2. The molecule has 0 radical (unpaired) electrons. The van der Waals surface area contributed by atoms with Crippen molar-refractivity contribution in [1.29, 1.82) is 0 Å². The molecule has 0 aromatic heterocycles. The predicted octanol–water partition coefficient (Wildman–Crippen LogP) is 3.13. The second kappa shape index (κ2) is 6.88. The highest BCUT2D eigenvalue weighted by Gasteiger charge is 2.27. The number of nitro groups is 1. The van der Waals surface area contributed by atoms with Crippen LogP contribution in [0, 0.1) is 17.0 Å². The molecular weight excluding hydrogens is 332 g/mol. The Balaban J connectivity index is 2.58. The quantitative estimate of drug-likeness (QED) is 0.590. The van der Waals surface area contributed by atoms with Gasteiger partial charge in [0, 0.05) is 24.7 Å². The van der Waals surface area contributed by atoms with Crippen molar-refractivity contribution in [1.82, 2.24) is 0 Å². The minimum absolute atomic E-state index is 0.0821. The summed E-state index contributed by atoms with van der Waals surface area (Å²) in [6.45, 7) is 3.48. The van der Waals surface area contributed by atoms with Crippen molar-refractivity contribution < 1.29 is 18.1 Å². The lowest BCUT2D eigenvalue weighted by Gasteiger charge is -2.24. The maximum atomic E-state index is 13.0. The van der Waals surface area contributed by atoms with Crippen molar-refractivity contribution in [3.63, 3.8) is 0 Å². The van der Waals surface area contributed by atoms with Crippen LogP contribution in [0.5, 0.6) is 5.75 Å². The number of nitro benzene ring substituents is 1. The molecule has 0 fully saturated rings. The maximum Gasteiger partial charge on any atom is 0.270 e. The lowest BCUT2D eigenvalue weighted by atomic mass is 10.2. The number of benzene rings is 2. The van der Waals surface area contributed by atoms with Crippen LogP contribution in [0.1, 0.15) is 12.5 Å². The minimum Gasteiger partial charge on any atom is -0.497 e. The van der Waals surface area contributed by atoms with E-state index in [1.165, 1.54) is 23.5 Å². The molecule has 2 aromatic carbocycles. The van der Waals surface area contributed by atoms with Gasteiger partial charge in [-0.15, -0.1) is 0 Å². The summed E-state index contributed by atoms with van der Waals surface area (Å²) >= 11 is 0. The van der Waals surface area contributed by atoms with E-state index in [1.54, 1.807) is 38.1 Å². The summed E-state index contributed by atoms with van der Waals surface area (Å²) in [6.07, 6.45) is 0. The summed E-state index contributed by atoms with van der Waals surface area (Å²) < 4.78 is 32.4. The van der Waals surface area contributed by atoms with E-state index in [9.17, 15) is 18.5 Å². The molecule has 0 spiro atoms. The van der Waals surface area contributed by atoms with E-state index in [0.717, 1.165) is 6.07 Å². The summed E-state index contributed by atoms with van der Waals surface area (Å²) in [5.41, 5.74) is 0.616. The Morgan fingerprint density at radius 3 is 2.50 bits per heavy atom. The van der Waals surface area contributed by atoms with Gasteiger partial charge in [-0.25, -0.2) is 8.42 Å². The molecule has 128 valence electrons. The van der Waals surface area contributed by atoms with Gasteiger partial charge in [-0.2, -0.15) is 0 Å². The molecule has 2 rings (SSSR count). The molecule has 0 aliphatic carbocycles. The average molecular weight is 350 g/mol. The van der Waals surface area contributed by atoms with Crippen molar-refractivity contribution in [2.45, 2.75) is 18.7 Å². The molecule has 0 N–H and O–H groups in total. The number of ether oxygens (including phenoxy) is 1. The number of hydrogen-bond acceptors (Lipinski definition) is 5. The third kappa shape index (κ3) is 3.33. The Labute approximate surface area is 140 Å². The van der Waals surface area contributed by atoms with E-state index in [1.807, 2.05) is 0 Å². The maximum absolute atomic E-state index is 13.0. The van der Waals surface area contributed by atoms with Gasteiger partial charge in [0.15, 0.2) is 0 Å². The fourth-order valence-corrected chi connectivity index (χ4v) is 4.07. The third-order valence-electron chi connectivity index (χ3n) is 3.58. The highest BCUT2D eigenvalue weighted by Crippen LogP contribution is 2.30. The van der Waals surface area contributed by atoms with E-state index in [0.29, 0.717) is 17.0 Å². The van der Waals surface area contributed by atoms with Crippen LogP contribution in [0.2, 0.25) is 0 Å². The summed E-state index contributed by atoms with van der Waals surface area (Å²) in [6, 6.07) is 10.5. The van der Waals surface area contributed by atoms with Crippen molar-refractivity contribution in [2.75, 3.05) is 18.0 Å². The van der Waals surface area contributed by atoms with Gasteiger partial charge in [0.2, 0.25) is 0 Å². The van der Waals surface area contributed by atoms with Gasteiger partial charge in [0.05, 0.1) is 22.6 Å². The van der Waals surface area contributed by atoms with E-state index < -0.39 is 14.9 Å². The van der Waals surface area contributed by atoms with Gasteiger partial charge >= 0.3 is 0 Å². The first-order valence-corrected chi connectivity index (χ1v) is 8.67. The molecule has 0 aliphatic rings. The second-order valence-electron chi connectivity index (χ2n) is 5.08. The zero-order valence-electron chi connectivity index (χ0n) is 13.6. The fraction of sp³-hybridized carbons (Fsp3) is 0.250. The van der Waals surface area contributed by atoms with Crippen LogP contribution in [0.25, 0.3) is 0 Å². The van der Waals surface area contributed by atoms with Crippen LogP contribution < -0.4 is 9.04 Å². The van der Waals surface area contributed by atoms with Crippen molar-refractivity contribution >= 4 is 21.4 Å². The summed E-state index contributed by atoms with van der Waals surface area (Å²) in [4.78, 5) is 10.3. The standard InChI is InChI=1S/C16H18N2O5S/c1-4-17(13-6-5-7-15(10-13)23-3)24(21,22)16-11-14(18(19)20)9-8-12(16)2/h5-11H,4H2,1-3H3. The van der Waals surface area contributed by atoms with Crippen molar-refractivity contribution in [3.05, 3.63) is 58.1 Å². The number of sulfonamides is 1. The number of non-ortho nitro benzene ring substituents is 1. The van der Waals surface area contributed by atoms with Crippen molar-refractivity contribution in [3.8, 4) is 5.75 Å². The zero-order valence-corrected chi connectivity index (χ0v) is 14.4. The number of anilines is 1. The number of methoxy groups -OCH3 is 1. The highest BCUT2D eigenvalue weighted by molar-refractivity contribution is 7.92. The van der Waals surface area contributed by atoms with Gasteiger partial charge in [-0.3, -0.25) is 14.4 Å². The number of rotatable bonds is 6. The largest absolute Gasteiger partial charge is 0.497 e. The molecule has 8 heteroatoms. The van der Waals surface area contributed by atoms with Crippen LogP contribution >= 0.6 is 0 Å². The van der Waals surface area contributed by atoms with Crippen LogP contribution in [0.4, 0.5) is 11.4 Å². The summed E-state index contributed by atoms with van der Waals surface area (Å²) in [7, 11) is -2.45. The van der Waals surface area contributed by atoms with Gasteiger partial charge in [0.25, 0.3) is 15.7 Å². The van der Waals surface area contributed by atoms with Gasteiger partial charge in [-0.05, 0) is 31.5 Å². The van der Waals surface area contributed by atoms with Crippen molar-refractivity contribution in [2.24, 2.45) is 0 Å². The summed E-state index contributed by atoms with van der Waals surface area (Å²) in [5, 5.41) is 11.0. The molecule has 0 saturated carbocycles. The highest BCUT2D eigenvalue weighted by atomic mass is 32.2. The Bertz CT molecular complexity index is 865. The molecule has 0 atom stereocenters. The van der Waals surface area contributed by atoms with Crippen LogP contribution in [0.15, 0.2) is 47.4 Å². The minimum atomic E-state index is -3.94. The van der Waals surface area contributed by atoms with Crippen LogP contribution in [0.3, 0.4) is 0 Å². The molecule has 2 aromatic rings. The molecule has 0 heterocycles. The number of aryl methyl sites for hydroxylation is 1. The number of hydrogen-bond donors (Lipinski definition) is 0. The first-order chi connectivity index (χ1) is 11.3. The van der Waals surface area contributed by atoms with Gasteiger partial charge in [0.1, 0.15) is 5.75 Å². The van der Waals surface area contributed by atoms with Gasteiger partial charge < -0.3 is 4.74 Å². The van der Waals surface area contributed by atoms with Crippen LogP contribution in [-0.4, -0.2) is 27.0 Å². The third-order valence-corrected chi connectivity index (χ3v) is 5.62. The molecule has 0 aliphatic heterocycles. The molecule has 0 amide bonds. The molecule has 0 unspecified atom stereocenters. The SMILES string of the molecule is CCN(c1cccc(OC)c1)S(=O)(=O)c1cc([N+](=O)[O-])ccc1C. The molecular formula is C16H18N2O5S. The van der Waals surface area contributed by atoms with E-state index in [4.69, 9.17) is 4.74 Å². The Morgan fingerprint density at radius 2 is 1.92 bits per heavy atom. The zero-order chi connectivity index (χ0) is 17.9. The lowest BCUT2D eigenvalue weighted by molar-refractivity contribution is -0.385. The second-order valence-corrected chi connectivity index (χ2v) is 6.91. The first kappa shape index (κ1) is 17.7. The predicted molar refractivity (Wildman–Crippen MR) is 91.0 cm³/mol. The molecule has 0 saturated heterocycles. The fourth-order valence-electron chi connectivity index (χ4n) is 2.36. The lowest BCUT2D eigenvalue weighted by Crippen LogP contribution is -2.31. The normalized spacial score (nSPS) is 11.1. The Hall–Kier alpha value is -2.61. The summed E-state index contributed by atoms with van der Waals surface area (Å²) in [5.74, 6) is 0.525. The first-order valence-electron chi connectivity index (χ1n) is 7.23. The van der Waals surface area contributed by atoms with E-state index in [-0.39, 0.29) is 17.1 Å². The molecule has 24 heavy (non-hydrogen) atoms. The average Bonchev–Trinajstić information content (AvgIpc) is 2.55. The Kier molecular flexibility index (Phi) is 5.08. The monoisotopic (exact) mass is 350 g/mol. The van der Waals surface area contributed by atoms with Crippen LogP contribution in [-0.2, 0) is 10.0 Å². The Morgan fingerprint density at radius 1 is 1.21 bits per heavy atom. The topological polar surface area (TPSA) is 89.8 Å². The molecule has 0 bridgehead atoms. The van der Waals surface area contributed by atoms with E-state index >= 15 is 0 Å². The smallest absolute Gasteiger partial charge is 0.270 e. The van der Waals surface area contributed by atoms with Gasteiger partial charge in [-0.1, -0.05) is 12.1 Å².